The maximum absolute atomic E-state index is 13.9. The lowest BCUT2D eigenvalue weighted by Crippen LogP contribution is -2.42. The second kappa shape index (κ2) is 9.15. The summed E-state index contributed by atoms with van der Waals surface area (Å²) in [7, 11) is 0. The fourth-order valence-electron chi connectivity index (χ4n) is 3.36. The fourth-order valence-corrected chi connectivity index (χ4v) is 3.62. The molecule has 1 aliphatic heterocycles. The zero-order valence-electron chi connectivity index (χ0n) is 14.4. The lowest BCUT2D eigenvalue weighted by atomic mass is 10.1. The van der Waals surface area contributed by atoms with Crippen LogP contribution in [0.15, 0.2) is 18.2 Å². The molecule has 1 N–H and O–H groups in total. The molecule has 138 valence electrons. The smallest absolute Gasteiger partial charge is 0.323 e. The Balaban J connectivity index is 1.92. The van der Waals surface area contributed by atoms with Crippen molar-refractivity contribution in [2.75, 3.05) is 26.2 Å². The highest BCUT2D eigenvalue weighted by molar-refractivity contribution is 6.31. The van der Waals surface area contributed by atoms with Crippen molar-refractivity contribution in [2.45, 2.75) is 38.6 Å². The number of likely N-dealkylation sites (tertiary alicyclic amines) is 1. The number of carboxylic acid groups (broad SMARTS) is 1. The standard InChI is InChI=1S/C18H24ClFN2O3/c1-13(23)22(12-18(24)25)14-4-3-9-21(10-7-14)11-8-15-16(19)5-2-6-17(15)20/h2,5-6,14H,3-4,7-12H2,1H3,(H,24,25)/t14-/m1/s1. The minimum absolute atomic E-state index is 0.0596. The fraction of sp³-hybridized carbons (Fsp3) is 0.556. The van der Waals surface area contributed by atoms with Gasteiger partial charge in [0.25, 0.3) is 0 Å². The molecule has 1 aromatic carbocycles. The molecule has 0 bridgehead atoms. The summed E-state index contributed by atoms with van der Waals surface area (Å²) in [5.74, 6) is -1.49. The van der Waals surface area contributed by atoms with Gasteiger partial charge in [-0.3, -0.25) is 9.59 Å². The van der Waals surface area contributed by atoms with Crippen molar-refractivity contribution < 1.29 is 19.1 Å². The quantitative estimate of drug-likeness (QED) is 0.836. The van der Waals surface area contributed by atoms with Crippen molar-refractivity contribution in [1.82, 2.24) is 9.80 Å². The highest BCUT2D eigenvalue weighted by Crippen LogP contribution is 2.21. The molecule has 1 atom stereocenters. The predicted octanol–water partition coefficient (Wildman–Crippen LogP) is 2.81. The first-order chi connectivity index (χ1) is 11.9. The average molecular weight is 371 g/mol. The Morgan fingerprint density at radius 3 is 2.76 bits per heavy atom. The van der Waals surface area contributed by atoms with E-state index in [-0.39, 0.29) is 24.3 Å². The van der Waals surface area contributed by atoms with Gasteiger partial charge in [-0.2, -0.15) is 0 Å². The van der Waals surface area contributed by atoms with E-state index >= 15 is 0 Å². The molecule has 1 aliphatic rings. The molecular formula is C18H24ClFN2O3. The second-order valence-electron chi connectivity index (χ2n) is 6.42. The molecule has 0 unspecified atom stereocenters. The molecule has 0 spiro atoms. The Labute approximate surface area is 152 Å². The number of carbonyl (C=O) groups excluding carboxylic acids is 1. The van der Waals surface area contributed by atoms with E-state index in [1.54, 1.807) is 12.1 Å². The first-order valence-electron chi connectivity index (χ1n) is 8.52. The van der Waals surface area contributed by atoms with Gasteiger partial charge in [-0.05, 0) is 44.4 Å². The molecule has 2 rings (SSSR count). The minimum Gasteiger partial charge on any atom is -0.480 e. The minimum atomic E-state index is -0.995. The number of nitrogens with zero attached hydrogens (tertiary/aromatic N) is 2. The zero-order valence-corrected chi connectivity index (χ0v) is 15.1. The summed E-state index contributed by atoms with van der Waals surface area (Å²) < 4.78 is 13.9. The number of hydrogen-bond donors (Lipinski definition) is 1. The molecule has 1 fully saturated rings. The molecule has 5 nitrogen and oxygen atoms in total. The molecule has 1 amide bonds. The normalized spacial score (nSPS) is 18.6. The summed E-state index contributed by atoms with van der Waals surface area (Å²) >= 11 is 6.07. The van der Waals surface area contributed by atoms with Crippen LogP contribution in [-0.4, -0.2) is 59.0 Å². The van der Waals surface area contributed by atoms with E-state index < -0.39 is 5.97 Å². The Morgan fingerprint density at radius 2 is 2.12 bits per heavy atom. The second-order valence-corrected chi connectivity index (χ2v) is 6.82. The van der Waals surface area contributed by atoms with E-state index in [0.29, 0.717) is 23.6 Å². The van der Waals surface area contributed by atoms with Gasteiger partial charge in [0.05, 0.1) is 0 Å². The first-order valence-corrected chi connectivity index (χ1v) is 8.90. The van der Waals surface area contributed by atoms with Crippen LogP contribution in [0.3, 0.4) is 0 Å². The van der Waals surface area contributed by atoms with Gasteiger partial charge in [-0.1, -0.05) is 17.7 Å². The largest absolute Gasteiger partial charge is 0.480 e. The van der Waals surface area contributed by atoms with Crippen molar-refractivity contribution >= 4 is 23.5 Å². The van der Waals surface area contributed by atoms with Crippen LogP contribution in [0, 0.1) is 5.82 Å². The Morgan fingerprint density at radius 1 is 1.36 bits per heavy atom. The molecule has 0 radical (unpaired) electrons. The van der Waals surface area contributed by atoms with E-state index in [1.165, 1.54) is 17.9 Å². The number of benzene rings is 1. The molecule has 1 aromatic rings. The van der Waals surface area contributed by atoms with Gasteiger partial charge in [0.15, 0.2) is 0 Å². The lowest BCUT2D eigenvalue weighted by molar-refractivity contribution is -0.145. The SMILES string of the molecule is CC(=O)N(CC(=O)O)[C@@H]1CCCN(CCc2c(F)cccc2Cl)CC1. The third-order valence-electron chi connectivity index (χ3n) is 4.68. The van der Waals surface area contributed by atoms with Crippen molar-refractivity contribution in [1.29, 1.82) is 0 Å². The van der Waals surface area contributed by atoms with Gasteiger partial charge < -0.3 is 14.9 Å². The van der Waals surface area contributed by atoms with E-state index in [2.05, 4.69) is 4.90 Å². The van der Waals surface area contributed by atoms with E-state index in [0.717, 1.165) is 32.4 Å². The molecule has 0 saturated carbocycles. The molecule has 0 aromatic heterocycles. The number of carboxylic acids is 1. The van der Waals surface area contributed by atoms with Crippen molar-refractivity contribution in [3.63, 3.8) is 0 Å². The molecule has 1 heterocycles. The number of rotatable bonds is 6. The summed E-state index contributed by atoms with van der Waals surface area (Å²) in [6, 6.07) is 4.64. The predicted molar refractivity (Wildman–Crippen MR) is 94.2 cm³/mol. The highest BCUT2D eigenvalue weighted by atomic mass is 35.5. The summed E-state index contributed by atoms with van der Waals surface area (Å²) in [5.41, 5.74) is 0.529. The van der Waals surface area contributed by atoms with Crippen LogP contribution in [0.4, 0.5) is 4.39 Å². The van der Waals surface area contributed by atoms with Gasteiger partial charge in [0, 0.05) is 36.6 Å². The van der Waals surface area contributed by atoms with Crippen LogP contribution in [0.25, 0.3) is 0 Å². The van der Waals surface area contributed by atoms with Crippen molar-refractivity contribution in [3.8, 4) is 0 Å². The number of carbonyl (C=O) groups is 2. The average Bonchev–Trinajstić information content (AvgIpc) is 2.77. The molecular weight excluding hydrogens is 347 g/mol. The number of halogens is 2. The number of aliphatic carboxylic acids is 1. The van der Waals surface area contributed by atoms with Gasteiger partial charge >= 0.3 is 5.97 Å². The summed E-state index contributed by atoms with van der Waals surface area (Å²) in [5, 5.41) is 9.44. The summed E-state index contributed by atoms with van der Waals surface area (Å²) in [4.78, 5) is 26.4. The van der Waals surface area contributed by atoms with Crippen LogP contribution in [0.5, 0.6) is 0 Å². The van der Waals surface area contributed by atoms with Crippen LogP contribution in [0.2, 0.25) is 5.02 Å². The maximum Gasteiger partial charge on any atom is 0.323 e. The van der Waals surface area contributed by atoms with Crippen molar-refractivity contribution in [2.24, 2.45) is 0 Å². The number of hydrogen-bond acceptors (Lipinski definition) is 3. The maximum atomic E-state index is 13.9. The Hall–Kier alpha value is -1.66. The monoisotopic (exact) mass is 370 g/mol. The van der Waals surface area contributed by atoms with Crippen LogP contribution in [0.1, 0.15) is 31.7 Å². The van der Waals surface area contributed by atoms with E-state index in [4.69, 9.17) is 16.7 Å². The topological polar surface area (TPSA) is 60.9 Å². The molecule has 1 saturated heterocycles. The molecule has 7 heteroatoms. The van der Waals surface area contributed by atoms with Crippen LogP contribution >= 0.6 is 11.6 Å². The highest BCUT2D eigenvalue weighted by Gasteiger charge is 2.26. The third-order valence-corrected chi connectivity index (χ3v) is 5.03. The Bertz CT molecular complexity index is 606. The van der Waals surface area contributed by atoms with E-state index in [9.17, 15) is 14.0 Å². The molecule has 0 aliphatic carbocycles. The van der Waals surface area contributed by atoms with Crippen LogP contribution in [-0.2, 0) is 16.0 Å². The van der Waals surface area contributed by atoms with Crippen molar-refractivity contribution in [3.05, 3.63) is 34.6 Å². The van der Waals surface area contributed by atoms with Gasteiger partial charge in [0.2, 0.25) is 5.91 Å². The zero-order chi connectivity index (χ0) is 18.4. The lowest BCUT2D eigenvalue weighted by Gasteiger charge is -2.29. The first kappa shape index (κ1) is 19.7. The van der Waals surface area contributed by atoms with Gasteiger partial charge in [-0.25, -0.2) is 4.39 Å². The Kier molecular flexibility index (Phi) is 7.20. The van der Waals surface area contributed by atoms with E-state index in [1.807, 2.05) is 0 Å². The summed E-state index contributed by atoms with van der Waals surface area (Å²) in [6.07, 6.45) is 2.91. The van der Waals surface area contributed by atoms with Gasteiger partial charge in [0.1, 0.15) is 12.4 Å². The van der Waals surface area contributed by atoms with Gasteiger partial charge in [-0.15, -0.1) is 0 Å². The van der Waals surface area contributed by atoms with Crippen LogP contribution < -0.4 is 0 Å². The number of amides is 1. The third kappa shape index (κ3) is 5.68. The molecule has 25 heavy (non-hydrogen) atoms. The summed E-state index contributed by atoms with van der Waals surface area (Å²) in [6.45, 7) is 3.44.